The van der Waals surface area contributed by atoms with Crippen molar-refractivity contribution in [2.75, 3.05) is 46.4 Å². The molecule has 2 aromatic rings. The molecule has 36 heavy (non-hydrogen) atoms. The zero-order chi connectivity index (χ0) is 25.6. The first-order chi connectivity index (χ1) is 17.2. The van der Waals surface area contributed by atoms with Crippen LogP contribution in [0.15, 0.2) is 36.4 Å². The molecule has 7 nitrogen and oxygen atoms in total. The van der Waals surface area contributed by atoms with Crippen molar-refractivity contribution in [2.45, 2.75) is 50.2 Å². The molecule has 9 heteroatoms. The summed E-state index contributed by atoms with van der Waals surface area (Å²) >= 11 is 0. The van der Waals surface area contributed by atoms with Crippen LogP contribution in [0.25, 0.3) is 11.1 Å². The summed E-state index contributed by atoms with van der Waals surface area (Å²) < 4.78 is 42.7. The minimum Gasteiger partial charge on any atom is -0.395 e. The Hall–Kier alpha value is -1.88. The summed E-state index contributed by atoms with van der Waals surface area (Å²) in [6, 6.07) is 11.6. The van der Waals surface area contributed by atoms with E-state index in [9.17, 15) is 17.9 Å². The molecule has 2 aromatic carbocycles. The maximum Gasteiger partial charge on any atom is 0.244 e. The molecule has 4 atom stereocenters. The smallest absolute Gasteiger partial charge is 0.244 e. The maximum absolute atomic E-state index is 14.0. The van der Waals surface area contributed by atoms with Crippen molar-refractivity contribution in [3.05, 3.63) is 58.9 Å². The van der Waals surface area contributed by atoms with E-state index < -0.39 is 15.5 Å². The minimum absolute atomic E-state index is 0.0181. The molecule has 0 spiro atoms. The second-order valence-electron chi connectivity index (χ2n) is 10.4. The third-order valence-electron chi connectivity index (χ3n) is 8.49. The molecule has 0 bridgehead atoms. The fraction of sp³-hybridized carbons (Fsp3) is 0.556. The van der Waals surface area contributed by atoms with E-state index in [1.54, 1.807) is 11.2 Å². The quantitative estimate of drug-likeness (QED) is 0.636. The highest BCUT2D eigenvalue weighted by atomic mass is 32.2. The van der Waals surface area contributed by atoms with Crippen LogP contribution in [-0.2, 0) is 10.0 Å². The number of nitrogens with one attached hydrogen (secondary N) is 1. The lowest BCUT2D eigenvalue weighted by Gasteiger charge is -2.57. The van der Waals surface area contributed by atoms with Gasteiger partial charge < -0.3 is 5.11 Å². The van der Waals surface area contributed by atoms with Gasteiger partial charge in [0.25, 0.3) is 0 Å². The summed E-state index contributed by atoms with van der Waals surface area (Å²) in [5.41, 5.74) is 4.03. The van der Waals surface area contributed by atoms with Gasteiger partial charge in [0.15, 0.2) is 5.50 Å². The molecule has 5 rings (SSSR count). The van der Waals surface area contributed by atoms with Crippen LogP contribution in [0, 0.1) is 19.7 Å². The van der Waals surface area contributed by atoms with Crippen LogP contribution in [0.3, 0.4) is 0 Å². The number of hydrogen-bond acceptors (Lipinski definition) is 6. The largest absolute Gasteiger partial charge is 0.395 e. The second kappa shape index (κ2) is 10.1. The van der Waals surface area contributed by atoms with Crippen molar-refractivity contribution >= 4 is 10.0 Å². The first-order valence-electron chi connectivity index (χ1n) is 12.9. The van der Waals surface area contributed by atoms with Gasteiger partial charge in [0.1, 0.15) is 5.82 Å². The first kappa shape index (κ1) is 25.8. The van der Waals surface area contributed by atoms with Crippen LogP contribution in [-0.4, -0.2) is 91.6 Å². The molecular weight excluding hydrogens is 479 g/mol. The summed E-state index contributed by atoms with van der Waals surface area (Å²) in [6.07, 6.45) is 1.72. The fourth-order valence-corrected chi connectivity index (χ4v) is 8.15. The Morgan fingerprint density at radius 2 is 1.75 bits per heavy atom. The Labute approximate surface area is 213 Å². The predicted octanol–water partition coefficient (Wildman–Crippen LogP) is 2.48. The van der Waals surface area contributed by atoms with E-state index in [-0.39, 0.29) is 30.4 Å². The topological polar surface area (TPSA) is 76.1 Å². The summed E-state index contributed by atoms with van der Waals surface area (Å²) in [6.45, 7) is 6.97. The maximum atomic E-state index is 14.0. The molecule has 3 fully saturated rings. The number of aliphatic hydroxyl groups excluding tert-OH is 1. The molecule has 0 amide bonds. The number of fused-ring (bicyclic) bond motifs is 1. The third kappa shape index (κ3) is 4.40. The van der Waals surface area contributed by atoms with E-state index >= 15 is 0 Å². The monoisotopic (exact) mass is 516 g/mol. The number of nitrogens with zero attached hydrogens (tertiary/aromatic N) is 3. The lowest BCUT2D eigenvalue weighted by atomic mass is 9.74. The summed E-state index contributed by atoms with van der Waals surface area (Å²) in [4.78, 5) is 4.15. The van der Waals surface area contributed by atoms with Crippen LogP contribution in [0.1, 0.15) is 35.4 Å². The number of sulfonamides is 1. The van der Waals surface area contributed by atoms with Crippen molar-refractivity contribution in [2.24, 2.45) is 0 Å². The molecule has 3 saturated heterocycles. The zero-order valence-electron chi connectivity index (χ0n) is 21.3. The van der Waals surface area contributed by atoms with Crippen molar-refractivity contribution in [1.29, 1.82) is 0 Å². The van der Waals surface area contributed by atoms with Crippen LogP contribution < -0.4 is 5.32 Å². The molecule has 0 aliphatic carbocycles. The van der Waals surface area contributed by atoms with Gasteiger partial charge in [-0.05, 0) is 74.2 Å². The van der Waals surface area contributed by atoms with Crippen molar-refractivity contribution < 1.29 is 17.9 Å². The van der Waals surface area contributed by atoms with Crippen LogP contribution in [0.4, 0.5) is 4.39 Å². The average Bonchev–Trinajstić information content (AvgIpc) is 3.29. The van der Waals surface area contributed by atoms with Crippen LogP contribution in [0.2, 0.25) is 0 Å². The highest BCUT2D eigenvalue weighted by Gasteiger charge is 2.51. The Balaban J connectivity index is 1.41. The third-order valence-corrected chi connectivity index (χ3v) is 10.6. The van der Waals surface area contributed by atoms with E-state index in [1.807, 2.05) is 24.9 Å². The van der Waals surface area contributed by atoms with Gasteiger partial charge in [0.2, 0.25) is 10.0 Å². The second-order valence-corrected chi connectivity index (χ2v) is 12.4. The zero-order valence-corrected chi connectivity index (χ0v) is 22.1. The van der Waals surface area contributed by atoms with Gasteiger partial charge in [-0.2, -0.15) is 4.31 Å². The molecular formula is C27H37FN4O3S. The van der Waals surface area contributed by atoms with Gasteiger partial charge in [-0.1, -0.05) is 30.3 Å². The normalized spacial score (nSPS) is 28.4. The Morgan fingerprint density at radius 1 is 1.03 bits per heavy atom. The van der Waals surface area contributed by atoms with E-state index in [2.05, 4.69) is 34.5 Å². The van der Waals surface area contributed by atoms with Gasteiger partial charge in [-0.3, -0.25) is 15.1 Å². The van der Waals surface area contributed by atoms with Crippen molar-refractivity contribution in [1.82, 2.24) is 19.4 Å². The molecule has 0 aromatic heterocycles. The SMILES string of the molecule is Cc1c(F)ccc(-c2ccc([C@@H]3C(CO)N4CCCCN(S(=O)(=O)C5NCCN5C)CC34)cc2)c1C. The summed E-state index contributed by atoms with van der Waals surface area (Å²) in [5, 5.41) is 13.4. The van der Waals surface area contributed by atoms with Gasteiger partial charge in [0, 0.05) is 44.2 Å². The van der Waals surface area contributed by atoms with Crippen LogP contribution >= 0.6 is 0 Å². The lowest BCUT2D eigenvalue weighted by molar-refractivity contribution is -0.0555. The van der Waals surface area contributed by atoms with Gasteiger partial charge in [-0.25, -0.2) is 12.8 Å². The molecule has 3 heterocycles. The molecule has 3 aliphatic heterocycles. The number of rotatable bonds is 5. The molecule has 196 valence electrons. The van der Waals surface area contributed by atoms with Crippen molar-refractivity contribution in [3.63, 3.8) is 0 Å². The standard InChI is InChI=1S/C27H37FN4O3S/c1-18-19(2)23(28)11-10-22(18)20-6-8-21(9-7-20)26-24-16-31(13-4-5-14-32(24)25(26)17-33)36(34,35)27-29-12-15-30(27)3/h6-11,24-27,29,33H,4-5,12-17H2,1-3H3/t24?,25?,26-,27?/m0/s1. The minimum atomic E-state index is -3.53. The van der Waals surface area contributed by atoms with Gasteiger partial charge in [0.05, 0.1) is 6.61 Å². The fourth-order valence-electron chi connectivity index (χ4n) is 6.24. The molecule has 2 N–H and O–H groups in total. The molecule has 0 saturated carbocycles. The summed E-state index contributed by atoms with van der Waals surface area (Å²) in [7, 11) is -1.68. The highest BCUT2D eigenvalue weighted by molar-refractivity contribution is 7.89. The van der Waals surface area contributed by atoms with E-state index in [4.69, 9.17) is 0 Å². The number of likely N-dealkylation sites (N-methyl/N-ethyl adjacent to an activating group) is 1. The Morgan fingerprint density at radius 3 is 2.42 bits per heavy atom. The first-order valence-corrected chi connectivity index (χ1v) is 14.4. The Bertz CT molecular complexity index is 1210. The molecule has 3 unspecified atom stereocenters. The Kier molecular flexibility index (Phi) is 7.24. The highest BCUT2D eigenvalue weighted by Crippen LogP contribution is 2.43. The predicted molar refractivity (Wildman–Crippen MR) is 140 cm³/mol. The van der Waals surface area contributed by atoms with Crippen LogP contribution in [0.5, 0.6) is 0 Å². The van der Waals surface area contributed by atoms with Gasteiger partial charge in [-0.15, -0.1) is 0 Å². The molecule has 0 radical (unpaired) electrons. The number of aliphatic hydroxyl groups is 1. The van der Waals surface area contributed by atoms with Gasteiger partial charge >= 0.3 is 0 Å². The lowest BCUT2D eigenvalue weighted by Crippen LogP contribution is -2.68. The number of halogens is 1. The van der Waals surface area contributed by atoms with E-state index in [0.29, 0.717) is 31.7 Å². The number of benzene rings is 2. The molecule has 3 aliphatic rings. The number of hydrogen-bond donors (Lipinski definition) is 2. The van der Waals surface area contributed by atoms with Crippen molar-refractivity contribution in [3.8, 4) is 11.1 Å². The summed E-state index contributed by atoms with van der Waals surface area (Å²) in [5.74, 6) is -0.152. The van der Waals surface area contributed by atoms with E-state index in [0.717, 1.165) is 41.6 Å². The van der Waals surface area contributed by atoms with E-state index in [1.165, 1.54) is 6.07 Å². The average molecular weight is 517 g/mol.